The third-order valence-electron chi connectivity index (χ3n) is 4.62. The normalized spacial score (nSPS) is 32.8. The molecule has 0 spiro atoms. The van der Waals surface area contributed by atoms with Crippen LogP contribution in [0, 0.1) is 5.92 Å². The van der Waals surface area contributed by atoms with Crippen LogP contribution in [0.2, 0.25) is 0 Å². The fourth-order valence-corrected chi connectivity index (χ4v) is 3.35. The highest BCUT2D eigenvalue weighted by Gasteiger charge is 2.21. The van der Waals surface area contributed by atoms with E-state index < -0.39 is 0 Å². The van der Waals surface area contributed by atoms with Crippen LogP contribution in [-0.4, -0.2) is 32.2 Å². The zero-order valence-corrected chi connectivity index (χ0v) is 11.0. The fourth-order valence-electron chi connectivity index (χ4n) is 3.35. The summed E-state index contributed by atoms with van der Waals surface area (Å²) in [6.07, 6.45) is 10.3. The lowest BCUT2D eigenvalue weighted by Gasteiger charge is -2.26. The van der Waals surface area contributed by atoms with Gasteiger partial charge < -0.3 is 10.2 Å². The first-order valence-corrected chi connectivity index (χ1v) is 7.51. The van der Waals surface area contributed by atoms with E-state index in [9.17, 15) is 0 Å². The molecule has 2 rings (SSSR count). The number of piperidine rings is 1. The van der Waals surface area contributed by atoms with E-state index in [-0.39, 0.29) is 0 Å². The highest BCUT2D eigenvalue weighted by atomic mass is 15.1. The summed E-state index contributed by atoms with van der Waals surface area (Å²) < 4.78 is 0. The Morgan fingerprint density at radius 2 is 1.69 bits per heavy atom. The molecule has 3 N–H and O–H groups in total. The minimum Gasteiger partial charge on any atom is -0.339 e. The van der Waals surface area contributed by atoms with Crippen molar-refractivity contribution < 1.29 is 10.2 Å². The van der Waals surface area contributed by atoms with Crippen molar-refractivity contribution in [2.24, 2.45) is 5.92 Å². The molecular formula is C14H30N2+2. The Morgan fingerprint density at radius 3 is 2.38 bits per heavy atom. The van der Waals surface area contributed by atoms with Crippen LogP contribution in [0.15, 0.2) is 0 Å². The number of likely N-dealkylation sites (tertiary alicyclic amines) is 1. The monoisotopic (exact) mass is 226 g/mol. The topological polar surface area (TPSA) is 21.1 Å². The van der Waals surface area contributed by atoms with Crippen molar-refractivity contribution in [2.45, 2.75) is 57.9 Å². The van der Waals surface area contributed by atoms with Crippen molar-refractivity contribution in [2.75, 3.05) is 26.2 Å². The summed E-state index contributed by atoms with van der Waals surface area (Å²) in [4.78, 5) is 1.87. The molecule has 1 aliphatic heterocycles. The summed E-state index contributed by atoms with van der Waals surface area (Å²) in [5.41, 5.74) is 0. The maximum Gasteiger partial charge on any atom is 0.127 e. The molecule has 94 valence electrons. The van der Waals surface area contributed by atoms with Crippen LogP contribution >= 0.6 is 0 Å². The average molecular weight is 226 g/mol. The highest BCUT2D eigenvalue weighted by molar-refractivity contribution is 4.67. The molecular weight excluding hydrogens is 196 g/mol. The first kappa shape index (κ1) is 12.4. The third kappa shape index (κ3) is 4.06. The summed E-state index contributed by atoms with van der Waals surface area (Å²) in [5, 5.41) is 2.65. The van der Waals surface area contributed by atoms with Crippen LogP contribution in [0.3, 0.4) is 0 Å². The molecule has 2 nitrogen and oxygen atoms in total. The number of hydrogen-bond donors (Lipinski definition) is 2. The first-order valence-electron chi connectivity index (χ1n) is 7.51. The lowest BCUT2D eigenvalue weighted by molar-refractivity contribution is -0.918. The Bertz CT molecular complexity index is 179. The van der Waals surface area contributed by atoms with E-state index in [0.717, 1.165) is 12.0 Å². The zero-order chi connectivity index (χ0) is 11.2. The van der Waals surface area contributed by atoms with E-state index in [1.807, 2.05) is 4.90 Å². The molecule has 2 heteroatoms. The van der Waals surface area contributed by atoms with Gasteiger partial charge in [0, 0.05) is 0 Å². The van der Waals surface area contributed by atoms with Crippen molar-refractivity contribution >= 4 is 0 Å². The SMILES string of the molecule is CC1CCC([NH2+]CC[NH+]2CCCCC2)CC1. The van der Waals surface area contributed by atoms with Gasteiger partial charge in [-0.1, -0.05) is 6.92 Å². The molecule has 0 bridgehead atoms. The molecule has 16 heavy (non-hydrogen) atoms. The van der Waals surface area contributed by atoms with Gasteiger partial charge in [-0.25, -0.2) is 0 Å². The molecule has 0 aromatic rings. The number of nitrogens with two attached hydrogens (primary N) is 1. The summed E-state index contributed by atoms with van der Waals surface area (Å²) in [6.45, 7) is 8.07. The number of hydrogen-bond acceptors (Lipinski definition) is 0. The van der Waals surface area contributed by atoms with Crippen molar-refractivity contribution in [3.05, 3.63) is 0 Å². The molecule has 0 amide bonds. The highest BCUT2D eigenvalue weighted by Crippen LogP contribution is 2.21. The van der Waals surface area contributed by atoms with Gasteiger partial charge in [-0.15, -0.1) is 0 Å². The lowest BCUT2D eigenvalue weighted by atomic mass is 9.87. The van der Waals surface area contributed by atoms with Gasteiger partial charge in [0.05, 0.1) is 19.1 Å². The molecule has 1 saturated heterocycles. The van der Waals surface area contributed by atoms with E-state index in [0.29, 0.717) is 0 Å². The van der Waals surface area contributed by atoms with Crippen LogP contribution in [-0.2, 0) is 0 Å². The Kier molecular flexibility index (Phi) is 5.11. The van der Waals surface area contributed by atoms with Crippen molar-refractivity contribution in [1.29, 1.82) is 0 Å². The predicted octanol–water partition coefficient (Wildman–Crippen LogP) is 0.197. The van der Waals surface area contributed by atoms with Gasteiger partial charge in [-0.2, -0.15) is 0 Å². The second kappa shape index (κ2) is 6.61. The van der Waals surface area contributed by atoms with Crippen molar-refractivity contribution in [3.8, 4) is 0 Å². The summed E-state index contributed by atoms with van der Waals surface area (Å²) >= 11 is 0. The molecule has 1 heterocycles. The van der Waals surface area contributed by atoms with Crippen LogP contribution in [0.4, 0.5) is 0 Å². The standard InChI is InChI=1S/C14H28N2/c1-13-5-7-14(8-6-13)15-9-12-16-10-3-2-4-11-16/h13-15H,2-12H2,1H3/p+2. The van der Waals surface area contributed by atoms with Gasteiger partial charge in [-0.05, 0) is 50.9 Å². The second-order valence-electron chi connectivity index (χ2n) is 6.10. The molecule has 0 atom stereocenters. The van der Waals surface area contributed by atoms with Gasteiger partial charge in [0.2, 0.25) is 0 Å². The Labute approximate surface area is 101 Å². The summed E-state index contributed by atoms with van der Waals surface area (Å²) in [7, 11) is 0. The van der Waals surface area contributed by atoms with E-state index in [4.69, 9.17) is 0 Å². The Balaban J connectivity index is 1.53. The minimum atomic E-state index is 0.959. The molecule has 1 aliphatic carbocycles. The van der Waals surface area contributed by atoms with Crippen molar-refractivity contribution in [3.63, 3.8) is 0 Å². The smallest absolute Gasteiger partial charge is 0.127 e. The Hall–Kier alpha value is -0.0800. The quantitative estimate of drug-likeness (QED) is 0.683. The van der Waals surface area contributed by atoms with Crippen LogP contribution in [0.1, 0.15) is 51.9 Å². The molecule has 1 saturated carbocycles. The van der Waals surface area contributed by atoms with E-state index in [2.05, 4.69) is 12.2 Å². The van der Waals surface area contributed by atoms with Crippen LogP contribution < -0.4 is 10.2 Å². The molecule has 2 aliphatic rings. The number of rotatable bonds is 4. The van der Waals surface area contributed by atoms with E-state index in [1.165, 1.54) is 71.1 Å². The maximum atomic E-state index is 2.65. The molecule has 0 unspecified atom stereocenters. The third-order valence-corrected chi connectivity index (χ3v) is 4.62. The molecule has 0 aromatic carbocycles. The minimum absolute atomic E-state index is 0.959. The Morgan fingerprint density at radius 1 is 1.00 bits per heavy atom. The molecule has 0 radical (unpaired) electrons. The second-order valence-corrected chi connectivity index (χ2v) is 6.10. The van der Waals surface area contributed by atoms with Gasteiger partial charge >= 0.3 is 0 Å². The van der Waals surface area contributed by atoms with Crippen molar-refractivity contribution in [1.82, 2.24) is 0 Å². The predicted molar refractivity (Wildman–Crippen MR) is 67.6 cm³/mol. The summed E-state index contributed by atoms with van der Waals surface area (Å²) in [6, 6.07) is 0.959. The van der Waals surface area contributed by atoms with Gasteiger partial charge in [0.15, 0.2) is 0 Å². The number of quaternary nitrogens is 2. The number of nitrogens with one attached hydrogen (secondary N) is 1. The van der Waals surface area contributed by atoms with Crippen LogP contribution in [0.5, 0.6) is 0 Å². The largest absolute Gasteiger partial charge is 0.339 e. The molecule has 0 aromatic heterocycles. The van der Waals surface area contributed by atoms with Gasteiger partial charge in [0.25, 0.3) is 0 Å². The van der Waals surface area contributed by atoms with Crippen LogP contribution in [0.25, 0.3) is 0 Å². The fraction of sp³-hybridized carbons (Fsp3) is 1.00. The lowest BCUT2D eigenvalue weighted by Crippen LogP contribution is -3.15. The van der Waals surface area contributed by atoms with Gasteiger partial charge in [-0.3, -0.25) is 0 Å². The zero-order valence-electron chi connectivity index (χ0n) is 11.0. The maximum absolute atomic E-state index is 2.65. The average Bonchev–Trinajstić information content (AvgIpc) is 2.33. The first-order chi connectivity index (χ1) is 7.84. The summed E-state index contributed by atoms with van der Waals surface area (Å²) in [5.74, 6) is 0.998. The van der Waals surface area contributed by atoms with E-state index in [1.54, 1.807) is 0 Å². The van der Waals surface area contributed by atoms with Gasteiger partial charge in [0.1, 0.15) is 13.1 Å². The molecule has 2 fully saturated rings. The van der Waals surface area contributed by atoms with E-state index >= 15 is 0 Å².